The molecule has 6 heteroatoms. The molecule has 0 aliphatic carbocycles. The molecule has 1 aromatic heterocycles. The van der Waals surface area contributed by atoms with Crippen molar-refractivity contribution in [3.63, 3.8) is 0 Å². The fourth-order valence-corrected chi connectivity index (χ4v) is 2.63. The van der Waals surface area contributed by atoms with Crippen LogP contribution in [-0.2, 0) is 9.53 Å². The largest absolute Gasteiger partial charge is 0.465 e. The maximum Gasteiger partial charge on any atom is 0.325 e. The fraction of sp³-hybridized carbons (Fsp3) is 0.455. The van der Waals surface area contributed by atoms with Crippen LogP contribution in [0.25, 0.3) is 0 Å². The number of halogens is 1. The third kappa shape index (κ3) is 4.12. The Bertz CT molecular complexity index is 405. The van der Waals surface area contributed by atoms with E-state index in [0.29, 0.717) is 18.0 Å². The first kappa shape index (κ1) is 14.2. The number of amides is 1. The Morgan fingerprint density at radius 3 is 2.59 bits per heavy atom. The van der Waals surface area contributed by atoms with Gasteiger partial charge in [0, 0.05) is 6.54 Å². The SMILES string of the molecule is CCOC(=O)CN(CC)C(=O)c1ccc(Br)s1. The molecule has 0 aliphatic rings. The van der Waals surface area contributed by atoms with Gasteiger partial charge < -0.3 is 9.64 Å². The van der Waals surface area contributed by atoms with Crippen molar-refractivity contribution in [2.24, 2.45) is 0 Å². The summed E-state index contributed by atoms with van der Waals surface area (Å²) in [5.74, 6) is -0.519. The number of ether oxygens (including phenoxy) is 1. The van der Waals surface area contributed by atoms with E-state index < -0.39 is 0 Å². The summed E-state index contributed by atoms with van der Waals surface area (Å²) in [4.78, 5) is 25.5. The number of carbonyl (C=O) groups excluding carboxylic acids is 2. The van der Waals surface area contributed by atoms with E-state index in [4.69, 9.17) is 4.74 Å². The highest BCUT2D eigenvalue weighted by Crippen LogP contribution is 2.23. The zero-order chi connectivity index (χ0) is 12.8. The van der Waals surface area contributed by atoms with Gasteiger partial charge in [-0.25, -0.2) is 0 Å². The van der Waals surface area contributed by atoms with Gasteiger partial charge in [0.25, 0.3) is 5.91 Å². The molecule has 17 heavy (non-hydrogen) atoms. The van der Waals surface area contributed by atoms with E-state index in [2.05, 4.69) is 15.9 Å². The molecule has 1 heterocycles. The Balaban J connectivity index is 2.67. The molecular weight excluding hydrogens is 306 g/mol. The molecule has 0 N–H and O–H groups in total. The lowest BCUT2D eigenvalue weighted by Gasteiger charge is -2.18. The van der Waals surface area contributed by atoms with Crippen molar-refractivity contribution in [3.8, 4) is 0 Å². The average molecular weight is 320 g/mol. The normalized spacial score (nSPS) is 10.1. The predicted octanol–water partition coefficient (Wildman–Crippen LogP) is 2.54. The minimum Gasteiger partial charge on any atom is -0.465 e. The van der Waals surface area contributed by atoms with Gasteiger partial charge in [-0.1, -0.05) is 0 Å². The second-order valence-corrected chi connectivity index (χ2v) is 5.69. The topological polar surface area (TPSA) is 46.6 Å². The summed E-state index contributed by atoms with van der Waals surface area (Å²) >= 11 is 4.66. The molecule has 0 saturated carbocycles. The molecule has 0 atom stereocenters. The zero-order valence-electron chi connectivity index (χ0n) is 9.73. The van der Waals surface area contributed by atoms with Gasteiger partial charge >= 0.3 is 5.97 Å². The van der Waals surface area contributed by atoms with Crippen LogP contribution in [0.1, 0.15) is 23.5 Å². The van der Waals surface area contributed by atoms with E-state index in [1.807, 2.05) is 13.0 Å². The van der Waals surface area contributed by atoms with Gasteiger partial charge in [0.1, 0.15) is 6.54 Å². The first-order valence-electron chi connectivity index (χ1n) is 5.28. The Kier molecular flexibility index (Phi) is 5.64. The van der Waals surface area contributed by atoms with Crippen molar-refractivity contribution in [1.82, 2.24) is 4.90 Å². The van der Waals surface area contributed by atoms with E-state index in [1.165, 1.54) is 16.2 Å². The highest BCUT2D eigenvalue weighted by Gasteiger charge is 2.19. The number of nitrogens with zero attached hydrogens (tertiary/aromatic N) is 1. The van der Waals surface area contributed by atoms with Gasteiger partial charge in [-0.3, -0.25) is 9.59 Å². The van der Waals surface area contributed by atoms with E-state index in [1.54, 1.807) is 13.0 Å². The van der Waals surface area contributed by atoms with Crippen LogP contribution in [0, 0.1) is 0 Å². The van der Waals surface area contributed by atoms with Crippen LogP contribution < -0.4 is 0 Å². The number of likely N-dealkylation sites (N-methyl/N-ethyl adjacent to an activating group) is 1. The molecule has 0 saturated heterocycles. The first-order chi connectivity index (χ1) is 8.08. The maximum atomic E-state index is 12.0. The molecule has 0 bridgehead atoms. The van der Waals surface area contributed by atoms with Gasteiger partial charge in [-0.15, -0.1) is 11.3 Å². The van der Waals surface area contributed by atoms with Gasteiger partial charge in [-0.05, 0) is 41.9 Å². The van der Waals surface area contributed by atoms with Crippen LogP contribution in [0.4, 0.5) is 0 Å². The quantitative estimate of drug-likeness (QED) is 0.783. The lowest BCUT2D eigenvalue weighted by Crippen LogP contribution is -2.35. The van der Waals surface area contributed by atoms with Gasteiger partial charge in [-0.2, -0.15) is 0 Å². The highest BCUT2D eigenvalue weighted by atomic mass is 79.9. The van der Waals surface area contributed by atoms with E-state index in [-0.39, 0.29) is 18.4 Å². The van der Waals surface area contributed by atoms with Crippen LogP contribution in [-0.4, -0.2) is 36.5 Å². The van der Waals surface area contributed by atoms with E-state index in [0.717, 1.165) is 3.79 Å². The van der Waals surface area contributed by atoms with Crippen LogP contribution in [0.15, 0.2) is 15.9 Å². The summed E-state index contributed by atoms with van der Waals surface area (Å²) in [6.45, 7) is 4.38. The minimum absolute atomic E-state index is 0.00130. The Morgan fingerprint density at radius 1 is 1.41 bits per heavy atom. The smallest absolute Gasteiger partial charge is 0.325 e. The molecule has 1 aromatic rings. The average Bonchev–Trinajstić information content (AvgIpc) is 2.72. The van der Waals surface area contributed by atoms with Crippen molar-refractivity contribution in [2.45, 2.75) is 13.8 Å². The lowest BCUT2D eigenvalue weighted by molar-refractivity contribution is -0.143. The van der Waals surface area contributed by atoms with Crippen LogP contribution in [0.5, 0.6) is 0 Å². The molecule has 4 nitrogen and oxygen atoms in total. The summed E-state index contributed by atoms with van der Waals surface area (Å²) in [6, 6.07) is 3.56. The second-order valence-electron chi connectivity index (χ2n) is 3.23. The Hall–Kier alpha value is -0.880. The Morgan fingerprint density at radius 2 is 2.12 bits per heavy atom. The van der Waals surface area contributed by atoms with E-state index >= 15 is 0 Å². The summed E-state index contributed by atoms with van der Waals surface area (Å²) < 4.78 is 5.72. The number of rotatable bonds is 5. The van der Waals surface area contributed by atoms with Crippen LogP contribution >= 0.6 is 27.3 Å². The van der Waals surface area contributed by atoms with Gasteiger partial charge in [0.05, 0.1) is 15.3 Å². The van der Waals surface area contributed by atoms with Gasteiger partial charge in [0.2, 0.25) is 0 Å². The van der Waals surface area contributed by atoms with Crippen molar-refractivity contribution in [2.75, 3.05) is 19.7 Å². The molecule has 94 valence electrons. The molecular formula is C11H14BrNO3S. The Labute approximate surface area is 113 Å². The summed E-state index contributed by atoms with van der Waals surface area (Å²) in [5.41, 5.74) is 0. The number of thiophene rings is 1. The third-order valence-corrected chi connectivity index (χ3v) is 3.69. The first-order valence-corrected chi connectivity index (χ1v) is 6.89. The monoisotopic (exact) mass is 319 g/mol. The molecule has 1 rings (SSSR count). The molecule has 0 radical (unpaired) electrons. The molecule has 0 fully saturated rings. The summed E-state index contributed by atoms with van der Waals surface area (Å²) in [6.07, 6.45) is 0. The lowest BCUT2D eigenvalue weighted by atomic mass is 10.4. The molecule has 1 amide bonds. The molecule has 0 spiro atoms. The summed E-state index contributed by atoms with van der Waals surface area (Å²) in [7, 11) is 0. The minimum atomic E-state index is -0.377. The standard InChI is InChI=1S/C11H14BrNO3S/c1-3-13(7-10(14)16-4-2)11(15)8-5-6-9(12)17-8/h5-6H,3-4,7H2,1-2H3. The number of hydrogen-bond donors (Lipinski definition) is 0. The maximum absolute atomic E-state index is 12.0. The fourth-order valence-electron chi connectivity index (χ4n) is 1.27. The van der Waals surface area contributed by atoms with E-state index in [9.17, 15) is 9.59 Å². The number of carbonyl (C=O) groups is 2. The van der Waals surface area contributed by atoms with Crippen LogP contribution in [0.3, 0.4) is 0 Å². The van der Waals surface area contributed by atoms with Crippen molar-refractivity contribution in [1.29, 1.82) is 0 Å². The van der Waals surface area contributed by atoms with Gasteiger partial charge in [0.15, 0.2) is 0 Å². The third-order valence-electron chi connectivity index (χ3n) is 2.08. The number of esters is 1. The molecule has 0 aromatic carbocycles. The van der Waals surface area contributed by atoms with Crippen molar-refractivity contribution >= 4 is 39.1 Å². The summed E-state index contributed by atoms with van der Waals surface area (Å²) in [5, 5.41) is 0. The zero-order valence-corrected chi connectivity index (χ0v) is 12.1. The van der Waals surface area contributed by atoms with Crippen molar-refractivity contribution in [3.05, 3.63) is 20.8 Å². The second kappa shape index (κ2) is 6.76. The molecule has 0 unspecified atom stereocenters. The van der Waals surface area contributed by atoms with Crippen LogP contribution in [0.2, 0.25) is 0 Å². The highest BCUT2D eigenvalue weighted by molar-refractivity contribution is 9.11. The molecule has 0 aliphatic heterocycles. The predicted molar refractivity (Wildman–Crippen MR) is 70.2 cm³/mol. The van der Waals surface area contributed by atoms with Crippen molar-refractivity contribution < 1.29 is 14.3 Å². The number of hydrogen-bond acceptors (Lipinski definition) is 4.